The fourth-order valence-corrected chi connectivity index (χ4v) is 4.12. The molecule has 114 valence electrons. The van der Waals surface area contributed by atoms with Crippen LogP contribution in [0.15, 0.2) is 48.5 Å². The first-order valence-corrected chi connectivity index (χ1v) is 8.65. The highest BCUT2D eigenvalue weighted by molar-refractivity contribution is 7.99. The SMILES string of the molecule is O=C(Nc1ccccc1)N1CCS[C@@H]1c1cccc(Cl)c1Cl. The van der Waals surface area contributed by atoms with Crippen molar-refractivity contribution in [1.29, 1.82) is 0 Å². The summed E-state index contributed by atoms with van der Waals surface area (Å²) >= 11 is 14.1. The minimum atomic E-state index is -0.128. The number of para-hydroxylation sites is 1. The van der Waals surface area contributed by atoms with Crippen LogP contribution in [-0.4, -0.2) is 23.2 Å². The summed E-state index contributed by atoms with van der Waals surface area (Å²) in [4.78, 5) is 14.3. The fourth-order valence-electron chi connectivity index (χ4n) is 2.36. The minimum absolute atomic E-state index is 0.116. The van der Waals surface area contributed by atoms with Crippen LogP contribution in [0.25, 0.3) is 0 Å². The number of amides is 2. The van der Waals surface area contributed by atoms with E-state index in [2.05, 4.69) is 5.32 Å². The maximum atomic E-state index is 12.5. The first kappa shape index (κ1) is 15.5. The van der Waals surface area contributed by atoms with Crippen molar-refractivity contribution in [3.63, 3.8) is 0 Å². The second kappa shape index (κ2) is 6.82. The van der Waals surface area contributed by atoms with Gasteiger partial charge in [0.1, 0.15) is 5.37 Å². The van der Waals surface area contributed by atoms with Gasteiger partial charge in [-0.15, -0.1) is 11.8 Å². The largest absolute Gasteiger partial charge is 0.323 e. The van der Waals surface area contributed by atoms with Gasteiger partial charge in [0.15, 0.2) is 0 Å². The van der Waals surface area contributed by atoms with Crippen LogP contribution in [-0.2, 0) is 0 Å². The maximum Gasteiger partial charge on any atom is 0.323 e. The molecule has 2 amide bonds. The molecule has 1 fully saturated rings. The minimum Gasteiger partial charge on any atom is -0.308 e. The number of urea groups is 1. The average molecular weight is 353 g/mol. The quantitative estimate of drug-likeness (QED) is 0.797. The molecule has 1 saturated heterocycles. The summed E-state index contributed by atoms with van der Waals surface area (Å²) < 4.78 is 0. The Balaban J connectivity index is 1.81. The van der Waals surface area contributed by atoms with Gasteiger partial charge >= 0.3 is 6.03 Å². The summed E-state index contributed by atoms with van der Waals surface area (Å²) in [5.74, 6) is 0.871. The molecule has 3 rings (SSSR count). The van der Waals surface area contributed by atoms with Crippen LogP contribution in [0.5, 0.6) is 0 Å². The predicted octanol–water partition coefficient (Wildman–Crippen LogP) is 5.27. The van der Waals surface area contributed by atoms with Crippen molar-refractivity contribution >= 4 is 46.7 Å². The molecule has 0 radical (unpaired) electrons. The molecular weight excluding hydrogens is 339 g/mol. The van der Waals surface area contributed by atoms with Gasteiger partial charge < -0.3 is 10.2 Å². The smallest absolute Gasteiger partial charge is 0.308 e. The summed E-state index contributed by atoms with van der Waals surface area (Å²) in [5.41, 5.74) is 1.65. The molecule has 3 nitrogen and oxygen atoms in total. The van der Waals surface area contributed by atoms with E-state index in [0.717, 1.165) is 17.0 Å². The normalized spacial score (nSPS) is 17.5. The number of thioether (sulfide) groups is 1. The number of carbonyl (C=O) groups excluding carboxylic acids is 1. The summed E-state index contributed by atoms with van der Waals surface area (Å²) in [6, 6.07) is 14.8. The molecule has 0 spiro atoms. The van der Waals surface area contributed by atoms with Crippen LogP contribution < -0.4 is 5.32 Å². The standard InChI is InChI=1S/C16H14Cl2N2OS/c17-13-8-4-7-12(14(13)18)15-20(9-10-22-15)16(21)19-11-5-2-1-3-6-11/h1-8,15H,9-10H2,(H,19,21)/t15-/m1/s1. The van der Waals surface area contributed by atoms with E-state index < -0.39 is 0 Å². The van der Waals surface area contributed by atoms with Crippen molar-refractivity contribution in [3.05, 3.63) is 64.1 Å². The number of rotatable bonds is 2. The molecule has 1 N–H and O–H groups in total. The molecule has 0 aromatic heterocycles. The highest BCUT2D eigenvalue weighted by Gasteiger charge is 2.32. The Morgan fingerprint density at radius 1 is 1.14 bits per heavy atom. The molecule has 6 heteroatoms. The monoisotopic (exact) mass is 352 g/mol. The molecule has 2 aromatic rings. The Kier molecular flexibility index (Phi) is 4.81. The van der Waals surface area contributed by atoms with Crippen molar-refractivity contribution in [2.75, 3.05) is 17.6 Å². The zero-order valence-electron chi connectivity index (χ0n) is 11.6. The van der Waals surface area contributed by atoms with E-state index in [-0.39, 0.29) is 11.4 Å². The molecule has 0 saturated carbocycles. The van der Waals surface area contributed by atoms with Crippen LogP contribution in [0.2, 0.25) is 10.0 Å². The molecule has 0 bridgehead atoms. The second-order valence-corrected chi connectivity index (χ2v) is 6.83. The molecule has 1 heterocycles. The van der Waals surface area contributed by atoms with E-state index in [1.54, 1.807) is 22.7 Å². The van der Waals surface area contributed by atoms with Crippen LogP contribution in [0.4, 0.5) is 10.5 Å². The Morgan fingerprint density at radius 2 is 1.91 bits per heavy atom. The highest BCUT2D eigenvalue weighted by atomic mass is 35.5. The topological polar surface area (TPSA) is 32.3 Å². The molecule has 1 atom stereocenters. The van der Waals surface area contributed by atoms with Crippen molar-refractivity contribution in [2.24, 2.45) is 0 Å². The maximum absolute atomic E-state index is 12.5. The van der Waals surface area contributed by atoms with E-state index in [9.17, 15) is 4.79 Å². The Labute approximate surface area is 143 Å². The van der Waals surface area contributed by atoms with Crippen molar-refractivity contribution in [1.82, 2.24) is 4.90 Å². The number of carbonyl (C=O) groups is 1. The lowest BCUT2D eigenvalue weighted by molar-refractivity contribution is 0.214. The number of hydrogen-bond donors (Lipinski definition) is 1. The average Bonchev–Trinajstić information content (AvgIpc) is 3.00. The molecule has 1 aliphatic rings. The zero-order valence-corrected chi connectivity index (χ0v) is 14.0. The van der Waals surface area contributed by atoms with E-state index in [1.807, 2.05) is 42.5 Å². The first-order valence-electron chi connectivity index (χ1n) is 6.85. The number of nitrogens with one attached hydrogen (secondary N) is 1. The zero-order chi connectivity index (χ0) is 15.5. The van der Waals surface area contributed by atoms with Crippen LogP contribution in [0.1, 0.15) is 10.9 Å². The van der Waals surface area contributed by atoms with Crippen molar-refractivity contribution in [3.8, 4) is 0 Å². The molecular formula is C16H14Cl2N2OS. The lowest BCUT2D eigenvalue weighted by Gasteiger charge is -2.25. The van der Waals surface area contributed by atoms with E-state index in [1.165, 1.54) is 0 Å². The van der Waals surface area contributed by atoms with Crippen LogP contribution in [0, 0.1) is 0 Å². The van der Waals surface area contributed by atoms with Gasteiger partial charge in [0, 0.05) is 23.5 Å². The number of halogens is 2. The van der Waals surface area contributed by atoms with Crippen molar-refractivity contribution < 1.29 is 4.79 Å². The van der Waals surface area contributed by atoms with E-state index >= 15 is 0 Å². The van der Waals surface area contributed by atoms with E-state index in [0.29, 0.717) is 16.6 Å². The molecule has 0 unspecified atom stereocenters. The number of anilines is 1. The van der Waals surface area contributed by atoms with Gasteiger partial charge in [-0.3, -0.25) is 0 Å². The van der Waals surface area contributed by atoms with Gasteiger partial charge in [-0.1, -0.05) is 53.5 Å². The molecule has 2 aromatic carbocycles. The van der Waals surface area contributed by atoms with Gasteiger partial charge in [0.05, 0.1) is 10.0 Å². The van der Waals surface area contributed by atoms with Crippen LogP contribution >= 0.6 is 35.0 Å². The summed E-state index contributed by atoms with van der Waals surface area (Å²) in [7, 11) is 0. The lowest BCUT2D eigenvalue weighted by atomic mass is 10.2. The second-order valence-electron chi connectivity index (χ2n) is 4.86. The van der Waals surface area contributed by atoms with Gasteiger partial charge in [-0.05, 0) is 18.2 Å². The van der Waals surface area contributed by atoms with Crippen LogP contribution in [0.3, 0.4) is 0 Å². The Bertz CT molecular complexity index is 681. The number of benzene rings is 2. The third kappa shape index (κ3) is 3.19. The van der Waals surface area contributed by atoms with Gasteiger partial charge in [-0.2, -0.15) is 0 Å². The van der Waals surface area contributed by atoms with Gasteiger partial charge in [0.2, 0.25) is 0 Å². The Hall–Kier alpha value is -1.36. The van der Waals surface area contributed by atoms with Crippen molar-refractivity contribution in [2.45, 2.75) is 5.37 Å². The third-order valence-electron chi connectivity index (χ3n) is 3.42. The molecule has 1 aliphatic heterocycles. The summed E-state index contributed by atoms with van der Waals surface area (Å²) in [6.07, 6.45) is 0. The number of hydrogen-bond acceptors (Lipinski definition) is 2. The Morgan fingerprint density at radius 3 is 2.68 bits per heavy atom. The molecule has 22 heavy (non-hydrogen) atoms. The first-order chi connectivity index (χ1) is 10.7. The fraction of sp³-hybridized carbons (Fsp3) is 0.188. The highest BCUT2D eigenvalue weighted by Crippen LogP contribution is 2.42. The predicted molar refractivity (Wildman–Crippen MR) is 93.8 cm³/mol. The summed E-state index contributed by atoms with van der Waals surface area (Å²) in [5, 5.41) is 3.82. The third-order valence-corrected chi connectivity index (χ3v) is 5.50. The van der Waals surface area contributed by atoms with E-state index in [4.69, 9.17) is 23.2 Å². The van der Waals surface area contributed by atoms with Gasteiger partial charge in [0.25, 0.3) is 0 Å². The molecule has 0 aliphatic carbocycles. The summed E-state index contributed by atoms with van der Waals surface area (Å²) in [6.45, 7) is 0.677. The lowest BCUT2D eigenvalue weighted by Crippen LogP contribution is -2.34. The number of nitrogens with zero attached hydrogens (tertiary/aromatic N) is 1. The van der Waals surface area contributed by atoms with Gasteiger partial charge in [-0.25, -0.2) is 4.79 Å².